The molecule has 0 fully saturated rings. The minimum Gasteiger partial charge on any atom is -0.373 e. The fourth-order valence-corrected chi connectivity index (χ4v) is 0.788. The molecular formula is C6H8N2O3. The first-order valence-electron chi connectivity index (χ1n) is 3.11. The van der Waals surface area contributed by atoms with E-state index in [2.05, 4.69) is 4.98 Å². The summed E-state index contributed by atoms with van der Waals surface area (Å²) in [5.74, 6) is 0. The van der Waals surface area contributed by atoms with Crippen LogP contribution in [0.2, 0.25) is 0 Å². The highest BCUT2D eigenvalue weighted by molar-refractivity contribution is 4.83. The van der Waals surface area contributed by atoms with Crippen LogP contribution in [0.4, 0.5) is 0 Å². The molecule has 5 nitrogen and oxygen atoms in total. The molecule has 11 heavy (non-hydrogen) atoms. The summed E-state index contributed by atoms with van der Waals surface area (Å²) < 4.78 is 0.722. The largest absolute Gasteiger partial charge is 0.373 e. The van der Waals surface area contributed by atoms with Crippen LogP contribution in [-0.4, -0.2) is 14.7 Å². The second-order valence-corrected chi connectivity index (χ2v) is 2.12. The number of nitrogens with one attached hydrogen (secondary N) is 1. The van der Waals surface area contributed by atoms with Gasteiger partial charge in [0.05, 0.1) is 0 Å². The highest BCUT2D eigenvalue weighted by Gasteiger charge is 2.03. The number of aliphatic hydroxyl groups excluding tert-OH is 1. The Hall–Kier alpha value is -1.36. The van der Waals surface area contributed by atoms with Crippen molar-refractivity contribution in [3.8, 4) is 0 Å². The van der Waals surface area contributed by atoms with E-state index in [-0.39, 0.29) is 0 Å². The summed E-state index contributed by atoms with van der Waals surface area (Å²) in [6.45, 7) is 1.34. The zero-order valence-electron chi connectivity index (χ0n) is 5.94. The number of hydrogen-bond donors (Lipinski definition) is 2. The fourth-order valence-electron chi connectivity index (χ4n) is 0.788. The first kappa shape index (κ1) is 7.74. The van der Waals surface area contributed by atoms with Crippen LogP contribution in [0.15, 0.2) is 21.9 Å². The lowest BCUT2D eigenvalue weighted by molar-refractivity contribution is 0.115. The Kier molecular flexibility index (Phi) is 1.91. The molecule has 1 heterocycles. The van der Waals surface area contributed by atoms with E-state index < -0.39 is 17.5 Å². The highest BCUT2D eigenvalue weighted by Crippen LogP contribution is 1.87. The Bertz CT molecular complexity index is 321. The molecule has 1 aromatic heterocycles. The SMILES string of the molecule is CC(O)n1c(=O)cc[nH]c1=O. The molecule has 1 rings (SSSR count). The molecule has 0 aliphatic rings. The van der Waals surface area contributed by atoms with E-state index in [1.807, 2.05) is 0 Å². The van der Waals surface area contributed by atoms with Gasteiger partial charge in [0.15, 0.2) is 0 Å². The second kappa shape index (κ2) is 2.71. The second-order valence-electron chi connectivity index (χ2n) is 2.12. The number of aliphatic hydroxyl groups is 1. The molecule has 60 valence electrons. The molecule has 1 atom stereocenters. The van der Waals surface area contributed by atoms with Gasteiger partial charge in [-0.25, -0.2) is 9.36 Å². The molecule has 0 aromatic carbocycles. The fraction of sp³-hybridized carbons (Fsp3) is 0.333. The number of H-pyrrole nitrogens is 1. The molecule has 0 bridgehead atoms. The zero-order chi connectivity index (χ0) is 8.43. The zero-order valence-corrected chi connectivity index (χ0v) is 5.94. The van der Waals surface area contributed by atoms with Gasteiger partial charge in [-0.2, -0.15) is 0 Å². The van der Waals surface area contributed by atoms with Gasteiger partial charge in [-0.3, -0.25) is 4.79 Å². The molecule has 0 saturated carbocycles. The van der Waals surface area contributed by atoms with Crippen LogP contribution in [0.5, 0.6) is 0 Å². The Morgan fingerprint density at radius 3 is 2.64 bits per heavy atom. The van der Waals surface area contributed by atoms with Crippen molar-refractivity contribution in [2.75, 3.05) is 0 Å². The van der Waals surface area contributed by atoms with Gasteiger partial charge in [0.2, 0.25) is 0 Å². The van der Waals surface area contributed by atoms with E-state index in [9.17, 15) is 9.59 Å². The molecule has 1 aromatic rings. The van der Waals surface area contributed by atoms with E-state index >= 15 is 0 Å². The van der Waals surface area contributed by atoms with E-state index in [0.29, 0.717) is 0 Å². The topological polar surface area (TPSA) is 75.1 Å². The van der Waals surface area contributed by atoms with Crippen molar-refractivity contribution in [1.82, 2.24) is 9.55 Å². The van der Waals surface area contributed by atoms with Crippen molar-refractivity contribution in [3.05, 3.63) is 33.1 Å². The van der Waals surface area contributed by atoms with Crippen LogP contribution >= 0.6 is 0 Å². The monoisotopic (exact) mass is 156 g/mol. The maximum absolute atomic E-state index is 10.9. The van der Waals surface area contributed by atoms with E-state index in [1.54, 1.807) is 0 Å². The van der Waals surface area contributed by atoms with Crippen molar-refractivity contribution < 1.29 is 5.11 Å². The summed E-state index contributed by atoms with van der Waals surface area (Å²) in [5.41, 5.74) is -1.11. The van der Waals surface area contributed by atoms with Gasteiger partial charge in [-0.1, -0.05) is 0 Å². The van der Waals surface area contributed by atoms with Crippen molar-refractivity contribution in [1.29, 1.82) is 0 Å². The average Bonchev–Trinajstić information content (AvgIpc) is 1.85. The number of nitrogens with zero attached hydrogens (tertiary/aromatic N) is 1. The molecule has 0 saturated heterocycles. The van der Waals surface area contributed by atoms with Crippen LogP contribution in [-0.2, 0) is 0 Å². The van der Waals surface area contributed by atoms with E-state index in [0.717, 1.165) is 4.57 Å². The van der Waals surface area contributed by atoms with Crippen LogP contribution in [0.25, 0.3) is 0 Å². The first-order valence-corrected chi connectivity index (χ1v) is 3.11. The maximum atomic E-state index is 10.9. The van der Waals surface area contributed by atoms with Gasteiger partial charge in [0.25, 0.3) is 5.56 Å². The van der Waals surface area contributed by atoms with Gasteiger partial charge >= 0.3 is 5.69 Å². The minimum absolute atomic E-state index is 0.510. The summed E-state index contributed by atoms with van der Waals surface area (Å²) >= 11 is 0. The first-order chi connectivity index (χ1) is 5.13. The summed E-state index contributed by atoms with van der Waals surface area (Å²) in [7, 11) is 0. The lowest BCUT2D eigenvalue weighted by Gasteiger charge is -2.04. The lowest BCUT2D eigenvalue weighted by Crippen LogP contribution is -2.35. The van der Waals surface area contributed by atoms with Gasteiger partial charge < -0.3 is 10.1 Å². The highest BCUT2D eigenvalue weighted by atomic mass is 16.3. The molecule has 0 spiro atoms. The molecule has 1 unspecified atom stereocenters. The average molecular weight is 156 g/mol. The van der Waals surface area contributed by atoms with Crippen LogP contribution in [0.3, 0.4) is 0 Å². The summed E-state index contributed by atoms with van der Waals surface area (Å²) in [5, 5.41) is 8.93. The molecule has 5 heteroatoms. The Morgan fingerprint density at radius 1 is 1.64 bits per heavy atom. The Balaban J connectivity index is 3.45. The van der Waals surface area contributed by atoms with Gasteiger partial charge in [0.1, 0.15) is 6.23 Å². The molecule has 0 amide bonds. The standard InChI is InChI=1S/C6H8N2O3/c1-4(9)8-5(10)2-3-7-6(8)11/h2-4,9H,1H3,(H,7,11). The number of aromatic amines is 1. The molecule has 0 aliphatic carbocycles. The third kappa shape index (κ3) is 1.38. The predicted octanol–water partition coefficient (Wildman–Crippen LogP) is -0.953. The maximum Gasteiger partial charge on any atom is 0.330 e. The van der Waals surface area contributed by atoms with Crippen molar-refractivity contribution in [3.63, 3.8) is 0 Å². The van der Waals surface area contributed by atoms with Crippen LogP contribution in [0.1, 0.15) is 13.2 Å². The number of hydrogen-bond acceptors (Lipinski definition) is 3. The van der Waals surface area contributed by atoms with Gasteiger partial charge in [-0.05, 0) is 6.92 Å². The smallest absolute Gasteiger partial charge is 0.330 e. The summed E-state index contributed by atoms with van der Waals surface area (Å²) in [4.78, 5) is 24.0. The third-order valence-electron chi connectivity index (χ3n) is 1.26. The summed E-state index contributed by atoms with van der Waals surface area (Å²) in [6.07, 6.45) is 0.149. The van der Waals surface area contributed by atoms with Crippen LogP contribution in [0, 0.1) is 0 Å². The normalized spacial score (nSPS) is 12.9. The number of rotatable bonds is 1. The van der Waals surface area contributed by atoms with Crippen LogP contribution < -0.4 is 11.2 Å². The Labute approximate surface area is 61.9 Å². The summed E-state index contributed by atoms with van der Waals surface area (Å²) in [6, 6.07) is 1.17. The minimum atomic E-state index is -1.09. The van der Waals surface area contributed by atoms with Crippen molar-refractivity contribution in [2.45, 2.75) is 13.2 Å². The third-order valence-corrected chi connectivity index (χ3v) is 1.26. The van der Waals surface area contributed by atoms with Gasteiger partial charge in [0, 0.05) is 12.3 Å². The van der Waals surface area contributed by atoms with Gasteiger partial charge in [-0.15, -0.1) is 0 Å². The lowest BCUT2D eigenvalue weighted by atomic mass is 10.5. The molecular weight excluding hydrogens is 148 g/mol. The predicted molar refractivity (Wildman–Crippen MR) is 38.3 cm³/mol. The van der Waals surface area contributed by atoms with E-state index in [4.69, 9.17) is 5.11 Å². The number of aromatic nitrogens is 2. The van der Waals surface area contributed by atoms with Crippen molar-refractivity contribution >= 4 is 0 Å². The molecule has 0 aliphatic heterocycles. The quantitative estimate of drug-likeness (QED) is 0.550. The molecule has 2 N–H and O–H groups in total. The Morgan fingerprint density at radius 2 is 2.27 bits per heavy atom. The van der Waals surface area contributed by atoms with Crippen molar-refractivity contribution in [2.24, 2.45) is 0 Å². The molecule has 0 radical (unpaired) electrons. The van der Waals surface area contributed by atoms with E-state index in [1.165, 1.54) is 19.2 Å².